The molecular formula is C21H26ClFN2O2S. The molecule has 1 atom stereocenters. The molecule has 28 heavy (non-hydrogen) atoms. The van der Waals surface area contributed by atoms with Crippen molar-refractivity contribution < 1.29 is 12.8 Å². The third kappa shape index (κ3) is 5.32. The summed E-state index contributed by atoms with van der Waals surface area (Å²) in [6.07, 6.45) is 0.569. The van der Waals surface area contributed by atoms with E-state index in [4.69, 9.17) is 11.6 Å². The Morgan fingerprint density at radius 3 is 2.32 bits per heavy atom. The number of nitrogens with zero attached hydrogens (tertiary/aromatic N) is 2. The number of hydrogen-bond acceptors (Lipinski definition) is 4. The minimum absolute atomic E-state index is 0.0782. The van der Waals surface area contributed by atoms with E-state index < -0.39 is 15.7 Å². The maximum absolute atomic E-state index is 13.0. The number of piperazine rings is 1. The van der Waals surface area contributed by atoms with Crippen molar-refractivity contribution in [2.75, 3.05) is 38.5 Å². The summed E-state index contributed by atoms with van der Waals surface area (Å²) in [7, 11) is -3.36. The molecule has 2 aromatic rings. The second kappa shape index (κ2) is 9.35. The summed E-state index contributed by atoms with van der Waals surface area (Å²) in [6, 6.07) is 13.2. The molecule has 1 unspecified atom stereocenters. The molecule has 3 rings (SSSR count). The van der Waals surface area contributed by atoms with Gasteiger partial charge in [-0.3, -0.25) is 4.90 Å². The third-order valence-corrected chi connectivity index (χ3v) is 7.53. The number of sulfone groups is 1. The topological polar surface area (TPSA) is 40.6 Å². The van der Waals surface area contributed by atoms with E-state index in [-0.39, 0.29) is 16.7 Å². The van der Waals surface area contributed by atoms with Crippen LogP contribution in [0.2, 0.25) is 5.02 Å². The van der Waals surface area contributed by atoms with Crippen LogP contribution in [0.4, 0.5) is 4.39 Å². The molecule has 2 aromatic carbocycles. The van der Waals surface area contributed by atoms with Crippen LogP contribution in [0.15, 0.2) is 53.4 Å². The first kappa shape index (κ1) is 21.2. The van der Waals surface area contributed by atoms with Crippen molar-refractivity contribution in [3.05, 3.63) is 64.9 Å². The average molecular weight is 425 g/mol. The molecule has 0 aromatic heterocycles. The lowest BCUT2D eigenvalue weighted by Crippen LogP contribution is -2.47. The maximum atomic E-state index is 13.0. The Hall–Kier alpha value is -1.47. The molecule has 0 bridgehead atoms. The van der Waals surface area contributed by atoms with Gasteiger partial charge in [-0.05, 0) is 55.8 Å². The third-order valence-electron chi connectivity index (χ3n) is 5.37. The second-order valence-electron chi connectivity index (χ2n) is 7.20. The van der Waals surface area contributed by atoms with Gasteiger partial charge in [-0.1, -0.05) is 29.8 Å². The molecule has 0 saturated carbocycles. The first-order valence-corrected chi connectivity index (χ1v) is 11.6. The number of benzene rings is 2. The lowest BCUT2D eigenvalue weighted by molar-refractivity contribution is 0.103. The highest BCUT2D eigenvalue weighted by Gasteiger charge is 2.23. The van der Waals surface area contributed by atoms with Gasteiger partial charge in [0.15, 0.2) is 9.84 Å². The van der Waals surface area contributed by atoms with Crippen LogP contribution in [-0.4, -0.2) is 56.7 Å². The first-order valence-electron chi connectivity index (χ1n) is 9.56. The summed E-state index contributed by atoms with van der Waals surface area (Å²) in [5.41, 5.74) is 1.14. The summed E-state index contributed by atoms with van der Waals surface area (Å²) >= 11 is 6.32. The van der Waals surface area contributed by atoms with Crippen molar-refractivity contribution in [1.29, 1.82) is 0 Å². The molecule has 1 heterocycles. The van der Waals surface area contributed by atoms with Gasteiger partial charge in [0.05, 0.1) is 10.6 Å². The minimum atomic E-state index is -3.36. The van der Waals surface area contributed by atoms with Crippen molar-refractivity contribution in [3.8, 4) is 0 Å². The SMILES string of the molecule is CC(c1ccccc1Cl)N1CCN(CCCS(=O)(=O)c2ccc(F)cc2)CC1. The van der Waals surface area contributed by atoms with Crippen LogP contribution in [-0.2, 0) is 9.84 Å². The van der Waals surface area contributed by atoms with E-state index in [1.54, 1.807) is 0 Å². The summed E-state index contributed by atoms with van der Waals surface area (Å²) in [5, 5.41) is 0.795. The predicted octanol–water partition coefficient (Wildman–Crippen LogP) is 4.02. The van der Waals surface area contributed by atoms with Gasteiger partial charge < -0.3 is 4.90 Å². The van der Waals surface area contributed by atoms with E-state index in [0.717, 1.165) is 43.3 Å². The molecule has 0 amide bonds. The molecule has 0 aliphatic carbocycles. The molecule has 0 N–H and O–H groups in total. The zero-order valence-corrected chi connectivity index (χ0v) is 17.6. The Morgan fingerprint density at radius 1 is 1.04 bits per heavy atom. The molecule has 0 radical (unpaired) electrons. The fourth-order valence-electron chi connectivity index (χ4n) is 3.62. The predicted molar refractivity (Wildman–Crippen MR) is 111 cm³/mol. The highest BCUT2D eigenvalue weighted by Crippen LogP contribution is 2.27. The summed E-state index contributed by atoms with van der Waals surface area (Å²) in [4.78, 5) is 4.90. The van der Waals surface area contributed by atoms with Gasteiger partial charge in [-0.25, -0.2) is 12.8 Å². The van der Waals surface area contributed by atoms with Crippen LogP contribution in [0.5, 0.6) is 0 Å². The molecular weight excluding hydrogens is 399 g/mol. The Labute approximate surface area is 171 Å². The number of hydrogen-bond donors (Lipinski definition) is 0. The molecule has 0 spiro atoms. The van der Waals surface area contributed by atoms with Crippen LogP contribution >= 0.6 is 11.6 Å². The zero-order valence-electron chi connectivity index (χ0n) is 16.0. The van der Waals surface area contributed by atoms with Crippen molar-refractivity contribution in [1.82, 2.24) is 9.80 Å². The molecule has 7 heteroatoms. The monoisotopic (exact) mass is 424 g/mol. The quantitative estimate of drug-likeness (QED) is 0.629. The first-order chi connectivity index (χ1) is 13.4. The van der Waals surface area contributed by atoms with E-state index in [2.05, 4.69) is 22.8 Å². The van der Waals surface area contributed by atoms with Crippen LogP contribution in [0.3, 0.4) is 0 Å². The Kier molecular flexibility index (Phi) is 7.10. The molecule has 152 valence electrons. The normalized spacial score (nSPS) is 17.5. The highest BCUT2D eigenvalue weighted by molar-refractivity contribution is 7.91. The molecule has 4 nitrogen and oxygen atoms in total. The van der Waals surface area contributed by atoms with Gasteiger partial charge in [0.2, 0.25) is 0 Å². The van der Waals surface area contributed by atoms with Gasteiger partial charge in [0, 0.05) is 37.2 Å². The van der Waals surface area contributed by atoms with Gasteiger partial charge >= 0.3 is 0 Å². The van der Waals surface area contributed by atoms with Gasteiger partial charge in [0.1, 0.15) is 5.82 Å². The van der Waals surface area contributed by atoms with Crippen molar-refractivity contribution >= 4 is 21.4 Å². The smallest absolute Gasteiger partial charge is 0.178 e. The molecule has 1 aliphatic rings. The van der Waals surface area contributed by atoms with Crippen LogP contribution in [0.25, 0.3) is 0 Å². The minimum Gasteiger partial charge on any atom is -0.301 e. The van der Waals surface area contributed by atoms with E-state index in [1.165, 1.54) is 24.3 Å². The molecule has 1 aliphatic heterocycles. The van der Waals surface area contributed by atoms with Crippen LogP contribution < -0.4 is 0 Å². The van der Waals surface area contributed by atoms with Crippen LogP contribution in [0, 0.1) is 5.82 Å². The average Bonchev–Trinajstić information content (AvgIpc) is 2.68. The van der Waals surface area contributed by atoms with Crippen LogP contribution in [0.1, 0.15) is 24.9 Å². The fraction of sp³-hybridized carbons (Fsp3) is 0.429. The largest absolute Gasteiger partial charge is 0.301 e. The second-order valence-corrected chi connectivity index (χ2v) is 9.72. The van der Waals surface area contributed by atoms with E-state index >= 15 is 0 Å². The molecule has 1 fully saturated rings. The van der Waals surface area contributed by atoms with Gasteiger partial charge in [-0.2, -0.15) is 0 Å². The lowest BCUT2D eigenvalue weighted by Gasteiger charge is -2.38. The van der Waals surface area contributed by atoms with Gasteiger partial charge in [0.25, 0.3) is 0 Å². The Bertz CT molecular complexity index is 882. The van der Waals surface area contributed by atoms with E-state index in [9.17, 15) is 12.8 Å². The fourth-order valence-corrected chi connectivity index (χ4v) is 5.21. The van der Waals surface area contributed by atoms with E-state index in [1.807, 2.05) is 18.2 Å². The molecule has 1 saturated heterocycles. The summed E-state index contributed by atoms with van der Waals surface area (Å²) in [6.45, 7) is 6.59. The van der Waals surface area contributed by atoms with E-state index in [0.29, 0.717) is 6.42 Å². The van der Waals surface area contributed by atoms with Crippen molar-refractivity contribution in [3.63, 3.8) is 0 Å². The summed E-state index contributed by atoms with van der Waals surface area (Å²) < 4.78 is 37.7. The lowest BCUT2D eigenvalue weighted by atomic mass is 10.1. The maximum Gasteiger partial charge on any atom is 0.178 e. The highest BCUT2D eigenvalue weighted by atomic mass is 35.5. The van der Waals surface area contributed by atoms with Gasteiger partial charge in [-0.15, -0.1) is 0 Å². The number of halogens is 2. The zero-order chi connectivity index (χ0) is 20.1. The van der Waals surface area contributed by atoms with Crippen molar-refractivity contribution in [2.45, 2.75) is 24.3 Å². The Morgan fingerprint density at radius 2 is 1.68 bits per heavy atom. The standard InChI is InChI=1S/C21H26ClFN2O2S/c1-17(20-5-2-3-6-21(20)22)25-14-12-24(13-15-25)11-4-16-28(26,27)19-9-7-18(23)8-10-19/h2-3,5-10,17H,4,11-16H2,1H3. The summed E-state index contributed by atoms with van der Waals surface area (Å²) in [5.74, 6) is -0.350. The number of rotatable bonds is 7. The Balaban J connectivity index is 1.46. The van der Waals surface area contributed by atoms with Crippen molar-refractivity contribution in [2.24, 2.45) is 0 Å².